The Morgan fingerprint density at radius 1 is 0.875 bits per heavy atom. The number of amides is 1. The summed E-state index contributed by atoms with van der Waals surface area (Å²) in [7, 11) is 10.1. The summed E-state index contributed by atoms with van der Waals surface area (Å²) >= 11 is 0. The fourth-order valence-corrected chi connectivity index (χ4v) is 7.58. The number of rotatable bonds is 4. The molecule has 3 aromatic carbocycles. The normalized spacial score (nSPS) is 26.9. The van der Waals surface area contributed by atoms with Gasteiger partial charge in [-0.25, -0.2) is 0 Å². The number of ketones is 1. The van der Waals surface area contributed by atoms with Gasteiger partial charge in [-0.1, -0.05) is 42.5 Å². The topological polar surface area (TPSA) is 55.9 Å². The van der Waals surface area contributed by atoms with Gasteiger partial charge >= 0.3 is 0 Å². The summed E-state index contributed by atoms with van der Waals surface area (Å²) in [4.78, 5) is 35.6. The van der Waals surface area contributed by atoms with E-state index in [0.717, 1.165) is 45.7 Å². The number of Topliss-reactive ketones (excluding diaryl/α,β-unsaturated/α-hetero) is 1. The van der Waals surface area contributed by atoms with Gasteiger partial charge in [0, 0.05) is 63.3 Å². The van der Waals surface area contributed by atoms with E-state index >= 15 is 4.79 Å². The second-order valence-corrected chi connectivity index (χ2v) is 11.9. The summed E-state index contributed by atoms with van der Waals surface area (Å²) in [5.41, 5.74) is 4.89. The van der Waals surface area contributed by atoms with Gasteiger partial charge < -0.3 is 15.1 Å². The third-order valence-corrected chi connectivity index (χ3v) is 9.44. The molecule has 1 saturated carbocycles. The largest absolute Gasteiger partial charge is 0.378 e. The van der Waals surface area contributed by atoms with Crippen molar-refractivity contribution in [1.82, 2.24) is 4.90 Å². The number of carbonyl (C=O) groups excluding carboxylic acids is 2. The van der Waals surface area contributed by atoms with Gasteiger partial charge in [-0.15, -0.1) is 0 Å². The minimum absolute atomic E-state index is 0.0893. The number of benzene rings is 3. The molecule has 6 nitrogen and oxygen atoms in total. The number of carbonyl (C=O) groups is 2. The predicted octanol–water partition coefficient (Wildman–Crippen LogP) is 5.52. The van der Waals surface area contributed by atoms with Crippen LogP contribution in [0.4, 0.5) is 17.1 Å². The van der Waals surface area contributed by atoms with Crippen LogP contribution in [0.2, 0.25) is 0 Å². The smallest absolute Gasteiger partial charge is 0.250 e. The van der Waals surface area contributed by atoms with Gasteiger partial charge in [0.1, 0.15) is 5.54 Å². The molecule has 0 radical (unpaired) electrons. The minimum atomic E-state index is -1.07. The number of hydrogen-bond donors (Lipinski definition) is 1. The number of fused-ring (bicyclic) bond motifs is 3. The Labute approximate surface area is 237 Å². The first kappa shape index (κ1) is 26.3. The van der Waals surface area contributed by atoms with E-state index in [9.17, 15) is 4.79 Å². The van der Waals surface area contributed by atoms with Crippen LogP contribution in [0.1, 0.15) is 41.9 Å². The average molecular weight is 535 g/mol. The van der Waals surface area contributed by atoms with E-state index in [1.165, 1.54) is 0 Å². The maximum absolute atomic E-state index is 15.1. The van der Waals surface area contributed by atoms with E-state index in [4.69, 9.17) is 0 Å². The van der Waals surface area contributed by atoms with Crippen molar-refractivity contribution in [1.29, 1.82) is 0 Å². The zero-order valence-corrected chi connectivity index (χ0v) is 24.1. The van der Waals surface area contributed by atoms with Crippen LogP contribution in [0.25, 0.3) is 6.08 Å². The van der Waals surface area contributed by atoms with Crippen molar-refractivity contribution in [2.24, 2.45) is 5.41 Å². The van der Waals surface area contributed by atoms with Gasteiger partial charge in [0.2, 0.25) is 0 Å². The van der Waals surface area contributed by atoms with Crippen LogP contribution in [-0.2, 0) is 15.1 Å². The Hall–Kier alpha value is -3.90. The molecule has 2 heterocycles. The molecule has 3 aromatic rings. The van der Waals surface area contributed by atoms with Crippen LogP contribution < -0.4 is 15.1 Å². The third kappa shape index (κ3) is 3.66. The average Bonchev–Trinajstić information content (AvgIpc) is 3.40. The van der Waals surface area contributed by atoms with Crippen molar-refractivity contribution in [3.05, 3.63) is 95.1 Å². The van der Waals surface area contributed by atoms with Crippen molar-refractivity contribution in [2.75, 3.05) is 56.9 Å². The molecule has 40 heavy (non-hydrogen) atoms. The summed E-state index contributed by atoms with van der Waals surface area (Å²) in [5.74, 6) is -0.111. The standard InChI is InChI=1S/C34H38N4O2/c1-36(2)26-16-12-23(13-17-26)21-25-9-8-20-33(31(25)39)29(24-14-18-27(19-15-24)37(3)4)22-38(5)34(33)28-10-6-7-11-30(28)35-32(34)40/h6-7,10-19,21,29H,8-9,20,22H2,1-5H3,(H,35,40)/b25-21+/t29-,33+,34+/m0/s1. The van der Waals surface area contributed by atoms with Gasteiger partial charge in [-0.05, 0) is 79.4 Å². The quantitative estimate of drug-likeness (QED) is 0.447. The lowest BCUT2D eigenvalue weighted by molar-refractivity contribution is -0.144. The van der Waals surface area contributed by atoms with E-state index in [1.807, 2.05) is 59.5 Å². The molecule has 3 aliphatic rings. The molecule has 206 valence electrons. The van der Waals surface area contributed by atoms with Gasteiger partial charge in [0.25, 0.3) is 5.91 Å². The fraction of sp³-hybridized carbons (Fsp3) is 0.353. The molecule has 1 N–H and O–H groups in total. The summed E-state index contributed by atoms with van der Waals surface area (Å²) < 4.78 is 0. The van der Waals surface area contributed by atoms with Gasteiger partial charge in [0.15, 0.2) is 5.78 Å². The highest BCUT2D eigenvalue weighted by Gasteiger charge is 2.73. The van der Waals surface area contributed by atoms with Crippen LogP contribution >= 0.6 is 0 Å². The van der Waals surface area contributed by atoms with E-state index in [1.54, 1.807) is 0 Å². The van der Waals surface area contributed by atoms with E-state index in [0.29, 0.717) is 19.4 Å². The van der Waals surface area contributed by atoms with Crippen molar-refractivity contribution < 1.29 is 9.59 Å². The Morgan fingerprint density at radius 2 is 1.50 bits per heavy atom. The number of para-hydroxylation sites is 1. The zero-order chi connectivity index (χ0) is 28.2. The lowest BCUT2D eigenvalue weighted by Crippen LogP contribution is -2.60. The molecule has 0 aromatic heterocycles. The Morgan fingerprint density at radius 3 is 2.15 bits per heavy atom. The second-order valence-electron chi connectivity index (χ2n) is 11.9. The molecule has 6 heteroatoms. The van der Waals surface area contributed by atoms with E-state index < -0.39 is 11.0 Å². The Balaban J connectivity index is 1.53. The summed E-state index contributed by atoms with van der Waals surface area (Å²) in [6, 6.07) is 24.8. The number of nitrogens with zero attached hydrogens (tertiary/aromatic N) is 3. The van der Waals surface area contributed by atoms with Crippen LogP contribution in [0.3, 0.4) is 0 Å². The highest BCUT2D eigenvalue weighted by Crippen LogP contribution is 2.66. The van der Waals surface area contributed by atoms with Crippen LogP contribution in [-0.4, -0.2) is 58.4 Å². The molecule has 1 aliphatic carbocycles. The highest BCUT2D eigenvalue weighted by molar-refractivity contribution is 6.15. The molecule has 2 fully saturated rings. The van der Waals surface area contributed by atoms with Crippen molar-refractivity contribution in [2.45, 2.75) is 30.7 Å². The first-order valence-corrected chi connectivity index (χ1v) is 14.1. The molecule has 2 aliphatic heterocycles. The number of hydrogen-bond acceptors (Lipinski definition) is 5. The summed E-state index contributed by atoms with van der Waals surface area (Å²) in [5, 5.41) is 3.17. The van der Waals surface area contributed by atoms with Crippen molar-refractivity contribution in [3.63, 3.8) is 0 Å². The minimum Gasteiger partial charge on any atom is -0.378 e. The number of likely N-dealkylation sites (tertiary alicyclic amines) is 1. The molecule has 0 bridgehead atoms. The van der Waals surface area contributed by atoms with E-state index in [2.05, 4.69) is 74.6 Å². The molecule has 6 rings (SSSR count). The van der Waals surface area contributed by atoms with Crippen LogP contribution in [0, 0.1) is 5.41 Å². The molecule has 1 saturated heterocycles. The molecule has 1 amide bonds. The van der Waals surface area contributed by atoms with Gasteiger partial charge in [-0.3, -0.25) is 14.5 Å². The van der Waals surface area contributed by atoms with Gasteiger partial charge in [-0.2, -0.15) is 0 Å². The fourth-order valence-electron chi connectivity index (χ4n) is 7.58. The lowest BCUT2D eigenvalue weighted by atomic mass is 9.53. The maximum Gasteiger partial charge on any atom is 0.250 e. The van der Waals surface area contributed by atoms with Crippen LogP contribution in [0.5, 0.6) is 0 Å². The first-order chi connectivity index (χ1) is 19.2. The highest BCUT2D eigenvalue weighted by atomic mass is 16.2. The molecule has 3 atom stereocenters. The second kappa shape index (κ2) is 9.63. The monoisotopic (exact) mass is 534 g/mol. The van der Waals surface area contributed by atoms with Crippen LogP contribution in [0.15, 0.2) is 78.4 Å². The molecule has 0 unspecified atom stereocenters. The SMILES string of the molecule is CN(C)c1ccc(/C=C2\CCC[C@]3(C2=O)[C@H](c2ccc(N(C)C)cc2)CN(C)[C@]32C(=O)Nc3ccccc32)cc1. The third-order valence-electron chi connectivity index (χ3n) is 9.44. The molecular weight excluding hydrogens is 496 g/mol. The van der Waals surface area contributed by atoms with Crippen molar-refractivity contribution >= 4 is 34.8 Å². The predicted molar refractivity (Wildman–Crippen MR) is 163 cm³/mol. The molecular formula is C34H38N4O2. The summed E-state index contributed by atoms with van der Waals surface area (Å²) in [6.07, 6.45) is 4.28. The number of allylic oxidation sites excluding steroid dienone is 1. The number of likely N-dealkylation sites (N-methyl/N-ethyl adjacent to an activating group) is 1. The lowest BCUT2D eigenvalue weighted by Gasteiger charge is -2.48. The zero-order valence-electron chi connectivity index (χ0n) is 24.1. The summed E-state index contributed by atoms with van der Waals surface area (Å²) in [6.45, 7) is 0.625. The van der Waals surface area contributed by atoms with Gasteiger partial charge in [0.05, 0.1) is 5.41 Å². The maximum atomic E-state index is 15.1. The Bertz CT molecular complexity index is 1490. The molecule has 2 spiro atoms. The van der Waals surface area contributed by atoms with E-state index in [-0.39, 0.29) is 17.6 Å². The Kier molecular flexibility index (Phi) is 6.34. The number of anilines is 3. The number of nitrogens with one attached hydrogen (secondary N) is 1. The first-order valence-electron chi connectivity index (χ1n) is 14.1. The van der Waals surface area contributed by atoms with Crippen molar-refractivity contribution in [3.8, 4) is 0 Å².